The van der Waals surface area contributed by atoms with Crippen LogP contribution in [0.2, 0.25) is 0 Å². The molecule has 0 unspecified atom stereocenters. The van der Waals surface area contributed by atoms with Gasteiger partial charge in [-0.1, -0.05) is 12.1 Å². The van der Waals surface area contributed by atoms with E-state index in [4.69, 9.17) is 9.56 Å². The minimum Gasteiger partial charge on any atom is -0.469 e. The van der Waals surface area contributed by atoms with Crippen LogP contribution in [0, 0.1) is 0 Å². The number of primary sulfonamides is 1. The molecule has 4 N–H and O–H groups in total. The van der Waals surface area contributed by atoms with Crippen LogP contribution in [0.25, 0.3) is 0 Å². The van der Waals surface area contributed by atoms with Crippen LogP contribution in [-0.2, 0) is 23.0 Å². The van der Waals surface area contributed by atoms with Gasteiger partial charge in [-0.15, -0.1) is 0 Å². The SMILES string of the molecule is CCNC(=NCc1cccc(S(N)(=O)=O)c1)NCCc1ccco1. The van der Waals surface area contributed by atoms with Gasteiger partial charge < -0.3 is 15.1 Å². The summed E-state index contributed by atoms with van der Waals surface area (Å²) >= 11 is 0. The van der Waals surface area contributed by atoms with Crippen molar-refractivity contribution >= 4 is 16.0 Å². The van der Waals surface area contributed by atoms with Crippen molar-refractivity contribution < 1.29 is 12.8 Å². The van der Waals surface area contributed by atoms with Gasteiger partial charge in [-0.05, 0) is 36.8 Å². The molecular formula is C16H22N4O3S. The zero-order valence-corrected chi connectivity index (χ0v) is 14.3. The van der Waals surface area contributed by atoms with E-state index >= 15 is 0 Å². The lowest BCUT2D eigenvalue weighted by Gasteiger charge is -2.11. The summed E-state index contributed by atoms with van der Waals surface area (Å²) in [6.07, 6.45) is 2.39. The number of hydrogen-bond acceptors (Lipinski definition) is 4. The van der Waals surface area contributed by atoms with Crippen molar-refractivity contribution in [3.63, 3.8) is 0 Å². The predicted octanol–water partition coefficient (Wildman–Crippen LogP) is 1.22. The van der Waals surface area contributed by atoms with E-state index in [1.54, 1.807) is 12.3 Å². The average Bonchev–Trinajstić information content (AvgIpc) is 3.05. The molecule has 7 nitrogen and oxygen atoms in total. The van der Waals surface area contributed by atoms with Crippen LogP contribution in [0.1, 0.15) is 18.2 Å². The predicted molar refractivity (Wildman–Crippen MR) is 93.0 cm³/mol. The Labute approximate surface area is 142 Å². The Bertz CT molecular complexity index is 770. The second-order valence-corrected chi connectivity index (χ2v) is 6.71. The maximum atomic E-state index is 11.4. The van der Waals surface area contributed by atoms with Crippen LogP contribution in [0.4, 0.5) is 0 Å². The second kappa shape index (κ2) is 8.51. The summed E-state index contributed by atoms with van der Waals surface area (Å²) in [5.41, 5.74) is 0.768. The Balaban J connectivity index is 1.97. The molecule has 24 heavy (non-hydrogen) atoms. The maximum absolute atomic E-state index is 11.4. The molecule has 0 saturated carbocycles. The zero-order chi connectivity index (χ0) is 17.4. The largest absolute Gasteiger partial charge is 0.469 e. The number of hydrogen-bond donors (Lipinski definition) is 3. The van der Waals surface area contributed by atoms with Crippen molar-refractivity contribution in [3.05, 3.63) is 54.0 Å². The fraction of sp³-hybridized carbons (Fsp3) is 0.312. The van der Waals surface area contributed by atoms with Crippen LogP contribution < -0.4 is 15.8 Å². The minimum atomic E-state index is -3.70. The average molecular weight is 350 g/mol. The smallest absolute Gasteiger partial charge is 0.238 e. The van der Waals surface area contributed by atoms with Crippen molar-refractivity contribution in [2.24, 2.45) is 10.1 Å². The molecule has 2 aromatic rings. The standard InChI is InChI=1S/C16H22N4O3S/c1-2-18-16(19-9-8-14-6-4-10-23-14)20-12-13-5-3-7-15(11-13)24(17,21)22/h3-7,10-11H,2,8-9,12H2,1H3,(H2,17,21,22)(H2,18,19,20). The summed E-state index contributed by atoms with van der Waals surface area (Å²) in [4.78, 5) is 4.54. The van der Waals surface area contributed by atoms with E-state index in [0.29, 0.717) is 19.0 Å². The molecule has 130 valence electrons. The number of benzene rings is 1. The molecule has 1 heterocycles. The molecule has 2 rings (SSSR count). The quantitative estimate of drug-likeness (QED) is 0.514. The number of furan rings is 1. The van der Waals surface area contributed by atoms with E-state index in [-0.39, 0.29) is 4.90 Å². The monoisotopic (exact) mass is 350 g/mol. The molecule has 0 aliphatic rings. The topological polar surface area (TPSA) is 110 Å². The molecule has 0 fully saturated rings. The molecule has 0 amide bonds. The molecule has 1 aromatic carbocycles. The third-order valence-electron chi connectivity index (χ3n) is 3.23. The first kappa shape index (κ1) is 18.0. The van der Waals surface area contributed by atoms with Gasteiger partial charge in [0.25, 0.3) is 0 Å². The van der Waals surface area contributed by atoms with Gasteiger partial charge in [0.1, 0.15) is 5.76 Å². The van der Waals surface area contributed by atoms with Crippen molar-refractivity contribution in [1.29, 1.82) is 0 Å². The number of guanidine groups is 1. The molecule has 0 saturated heterocycles. The third kappa shape index (κ3) is 5.71. The minimum absolute atomic E-state index is 0.0889. The summed E-state index contributed by atoms with van der Waals surface area (Å²) in [5, 5.41) is 11.5. The molecule has 0 atom stereocenters. The van der Waals surface area contributed by atoms with Crippen molar-refractivity contribution in [2.45, 2.75) is 24.8 Å². The number of rotatable bonds is 7. The van der Waals surface area contributed by atoms with Gasteiger partial charge in [0, 0.05) is 19.5 Å². The lowest BCUT2D eigenvalue weighted by molar-refractivity contribution is 0.507. The summed E-state index contributed by atoms with van der Waals surface area (Å²) < 4.78 is 28.1. The highest BCUT2D eigenvalue weighted by Gasteiger charge is 2.07. The first-order valence-electron chi connectivity index (χ1n) is 7.65. The van der Waals surface area contributed by atoms with Gasteiger partial charge in [0.05, 0.1) is 17.7 Å². The second-order valence-electron chi connectivity index (χ2n) is 5.14. The number of aliphatic imine (C=N–C) groups is 1. The van der Waals surface area contributed by atoms with Crippen LogP contribution in [0.3, 0.4) is 0 Å². The first-order valence-corrected chi connectivity index (χ1v) is 9.20. The molecule has 0 radical (unpaired) electrons. The van der Waals surface area contributed by atoms with Gasteiger partial charge in [-0.2, -0.15) is 0 Å². The van der Waals surface area contributed by atoms with Crippen LogP contribution >= 0.6 is 0 Å². The van der Waals surface area contributed by atoms with Gasteiger partial charge in [0.15, 0.2) is 5.96 Å². The molecule has 8 heteroatoms. The van der Waals surface area contributed by atoms with Crippen molar-refractivity contribution in [2.75, 3.05) is 13.1 Å². The summed E-state index contributed by atoms with van der Waals surface area (Å²) in [7, 11) is -3.70. The molecule has 0 aliphatic carbocycles. The van der Waals surface area contributed by atoms with Gasteiger partial charge in [0.2, 0.25) is 10.0 Å². The van der Waals surface area contributed by atoms with Gasteiger partial charge >= 0.3 is 0 Å². The van der Waals surface area contributed by atoms with Crippen LogP contribution in [0.15, 0.2) is 57.0 Å². The zero-order valence-electron chi connectivity index (χ0n) is 13.5. The van der Waals surface area contributed by atoms with Crippen molar-refractivity contribution in [1.82, 2.24) is 10.6 Å². The Kier molecular flexibility index (Phi) is 6.39. The fourth-order valence-corrected chi connectivity index (χ4v) is 2.68. The molecular weight excluding hydrogens is 328 g/mol. The highest BCUT2D eigenvalue weighted by atomic mass is 32.2. The Morgan fingerprint density at radius 1 is 1.25 bits per heavy atom. The van der Waals surface area contributed by atoms with Crippen LogP contribution in [0.5, 0.6) is 0 Å². The maximum Gasteiger partial charge on any atom is 0.238 e. The van der Waals surface area contributed by atoms with E-state index in [9.17, 15) is 8.42 Å². The normalized spacial score (nSPS) is 12.2. The summed E-state index contributed by atoms with van der Waals surface area (Å²) in [6.45, 7) is 3.73. The summed E-state index contributed by atoms with van der Waals surface area (Å²) in [5.74, 6) is 1.56. The fourth-order valence-electron chi connectivity index (χ4n) is 2.09. The van der Waals surface area contributed by atoms with Gasteiger partial charge in [-0.3, -0.25) is 0 Å². The van der Waals surface area contributed by atoms with Gasteiger partial charge in [-0.25, -0.2) is 18.5 Å². The molecule has 1 aromatic heterocycles. The molecule has 0 spiro atoms. The van der Waals surface area contributed by atoms with E-state index in [0.717, 1.165) is 24.3 Å². The van der Waals surface area contributed by atoms with Crippen LogP contribution in [-0.4, -0.2) is 27.5 Å². The Morgan fingerprint density at radius 3 is 2.75 bits per heavy atom. The van der Waals surface area contributed by atoms with Crippen molar-refractivity contribution in [3.8, 4) is 0 Å². The number of sulfonamides is 1. The van der Waals surface area contributed by atoms with E-state index < -0.39 is 10.0 Å². The summed E-state index contributed by atoms with van der Waals surface area (Å²) in [6, 6.07) is 10.2. The highest BCUT2D eigenvalue weighted by Crippen LogP contribution is 2.10. The lowest BCUT2D eigenvalue weighted by Crippen LogP contribution is -2.38. The number of nitrogens with two attached hydrogens (primary N) is 1. The highest BCUT2D eigenvalue weighted by molar-refractivity contribution is 7.89. The van der Waals surface area contributed by atoms with E-state index in [1.165, 1.54) is 12.1 Å². The molecule has 0 aliphatic heterocycles. The van der Waals surface area contributed by atoms with E-state index in [2.05, 4.69) is 15.6 Å². The molecule has 0 bridgehead atoms. The Hall–Kier alpha value is -2.32. The van der Waals surface area contributed by atoms with E-state index in [1.807, 2.05) is 25.1 Å². The number of nitrogens with one attached hydrogen (secondary N) is 2. The first-order chi connectivity index (χ1) is 11.5. The third-order valence-corrected chi connectivity index (χ3v) is 4.15. The number of nitrogens with zero attached hydrogens (tertiary/aromatic N) is 1. The lowest BCUT2D eigenvalue weighted by atomic mass is 10.2. The Morgan fingerprint density at radius 2 is 2.08 bits per heavy atom.